The maximum Gasteiger partial charge on any atom is 0.137 e. The maximum absolute atomic E-state index is 12.0. The van der Waals surface area contributed by atoms with Crippen molar-refractivity contribution in [1.29, 1.82) is 0 Å². The molecule has 1 aliphatic rings. The van der Waals surface area contributed by atoms with E-state index in [-0.39, 0.29) is 0 Å². The van der Waals surface area contributed by atoms with Gasteiger partial charge in [-0.05, 0) is 31.8 Å². The van der Waals surface area contributed by atoms with Gasteiger partial charge in [0.1, 0.15) is 5.78 Å². The van der Waals surface area contributed by atoms with Crippen molar-refractivity contribution in [3.63, 3.8) is 0 Å². The lowest BCUT2D eigenvalue weighted by molar-refractivity contribution is -0.124. The normalized spacial score (nSPS) is 26.0. The summed E-state index contributed by atoms with van der Waals surface area (Å²) in [4.78, 5) is 14.4. The molecular weight excluding hydrogens is 198 g/mol. The number of rotatable bonds is 6. The first-order valence-corrected chi connectivity index (χ1v) is 6.92. The summed E-state index contributed by atoms with van der Waals surface area (Å²) in [7, 11) is 0. The van der Waals surface area contributed by atoms with Crippen molar-refractivity contribution in [2.24, 2.45) is 11.8 Å². The zero-order chi connectivity index (χ0) is 12.0. The second-order valence-corrected chi connectivity index (χ2v) is 5.20. The van der Waals surface area contributed by atoms with E-state index in [0.29, 0.717) is 11.7 Å². The number of hydrogen-bond donors (Lipinski definition) is 0. The maximum atomic E-state index is 12.0. The minimum Gasteiger partial charge on any atom is -0.303 e. The minimum absolute atomic E-state index is 0.381. The van der Waals surface area contributed by atoms with Crippen molar-refractivity contribution < 1.29 is 4.79 Å². The van der Waals surface area contributed by atoms with Crippen LogP contribution in [-0.2, 0) is 4.79 Å². The first-order valence-electron chi connectivity index (χ1n) is 6.92. The van der Waals surface area contributed by atoms with Crippen LogP contribution in [0, 0.1) is 11.8 Å². The van der Waals surface area contributed by atoms with Crippen molar-refractivity contribution in [2.75, 3.05) is 19.6 Å². The van der Waals surface area contributed by atoms with Gasteiger partial charge in [0.05, 0.1) is 0 Å². The summed E-state index contributed by atoms with van der Waals surface area (Å²) in [5.41, 5.74) is 0. The van der Waals surface area contributed by atoms with Crippen LogP contribution >= 0.6 is 0 Å². The van der Waals surface area contributed by atoms with Gasteiger partial charge in [-0.2, -0.15) is 0 Å². The average Bonchev–Trinajstić information content (AvgIpc) is 2.31. The molecule has 0 atom stereocenters. The van der Waals surface area contributed by atoms with Crippen LogP contribution in [0.15, 0.2) is 0 Å². The number of hydrogen-bond acceptors (Lipinski definition) is 2. The lowest BCUT2D eigenvalue weighted by atomic mass is 9.80. The van der Waals surface area contributed by atoms with Crippen LogP contribution in [-0.4, -0.2) is 30.3 Å². The molecule has 1 saturated carbocycles. The van der Waals surface area contributed by atoms with E-state index in [4.69, 9.17) is 0 Å². The standard InChI is InChI=1S/C14H27NO/c1-4-15(5-2)11-10-14(16)13-8-6-12(3)7-9-13/h12-13H,4-11H2,1-3H3. The molecule has 2 heteroatoms. The summed E-state index contributed by atoms with van der Waals surface area (Å²) in [5, 5.41) is 0. The minimum atomic E-state index is 0.381. The SMILES string of the molecule is CCN(CC)CCC(=O)C1CCC(C)CC1. The van der Waals surface area contributed by atoms with Crippen LogP contribution in [0.25, 0.3) is 0 Å². The van der Waals surface area contributed by atoms with Crippen molar-refractivity contribution in [2.45, 2.75) is 52.9 Å². The molecule has 1 aliphatic carbocycles. The smallest absolute Gasteiger partial charge is 0.137 e. The molecule has 16 heavy (non-hydrogen) atoms. The Bertz CT molecular complexity index is 203. The lowest BCUT2D eigenvalue weighted by Gasteiger charge is -2.26. The molecule has 1 rings (SSSR count). The van der Waals surface area contributed by atoms with Crippen molar-refractivity contribution in [1.82, 2.24) is 4.90 Å². The summed E-state index contributed by atoms with van der Waals surface area (Å²) < 4.78 is 0. The Labute approximate surface area is 100 Å². The second-order valence-electron chi connectivity index (χ2n) is 5.20. The third-order valence-electron chi connectivity index (χ3n) is 4.04. The fraction of sp³-hybridized carbons (Fsp3) is 0.929. The highest BCUT2D eigenvalue weighted by molar-refractivity contribution is 5.81. The van der Waals surface area contributed by atoms with Crippen LogP contribution in [0.1, 0.15) is 52.9 Å². The summed E-state index contributed by atoms with van der Waals surface area (Å²) in [5.74, 6) is 1.73. The highest BCUT2D eigenvalue weighted by Crippen LogP contribution is 2.29. The number of Topliss-reactive ketones (excluding diaryl/α,β-unsaturated/α-hetero) is 1. The topological polar surface area (TPSA) is 20.3 Å². The molecule has 0 heterocycles. The molecule has 0 radical (unpaired) electrons. The van der Waals surface area contributed by atoms with E-state index in [1.807, 2.05) is 0 Å². The van der Waals surface area contributed by atoms with E-state index in [0.717, 1.165) is 44.8 Å². The molecule has 0 spiro atoms. The summed E-state index contributed by atoms with van der Waals surface area (Å²) in [6.45, 7) is 9.71. The highest BCUT2D eigenvalue weighted by atomic mass is 16.1. The largest absolute Gasteiger partial charge is 0.303 e. The molecular formula is C14H27NO. The van der Waals surface area contributed by atoms with Gasteiger partial charge in [-0.15, -0.1) is 0 Å². The molecule has 2 nitrogen and oxygen atoms in total. The predicted octanol–water partition coefficient (Wildman–Crippen LogP) is 3.11. The molecule has 0 aromatic heterocycles. The Hall–Kier alpha value is -0.370. The average molecular weight is 225 g/mol. The Balaban J connectivity index is 2.24. The van der Waals surface area contributed by atoms with Crippen LogP contribution < -0.4 is 0 Å². The number of carbonyl (C=O) groups is 1. The Morgan fingerprint density at radius 3 is 2.19 bits per heavy atom. The zero-order valence-corrected chi connectivity index (χ0v) is 11.2. The Morgan fingerprint density at radius 2 is 1.69 bits per heavy atom. The summed E-state index contributed by atoms with van der Waals surface area (Å²) >= 11 is 0. The van der Waals surface area contributed by atoms with E-state index in [2.05, 4.69) is 25.7 Å². The van der Waals surface area contributed by atoms with Gasteiger partial charge < -0.3 is 4.90 Å². The van der Waals surface area contributed by atoms with Gasteiger partial charge in [0.25, 0.3) is 0 Å². The van der Waals surface area contributed by atoms with E-state index in [1.54, 1.807) is 0 Å². The molecule has 0 aromatic carbocycles. The summed E-state index contributed by atoms with van der Waals surface area (Å²) in [6, 6.07) is 0. The first-order chi connectivity index (χ1) is 7.67. The molecule has 0 N–H and O–H groups in total. The molecule has 0 unspecified atom stereocenters. The second kappa shape index (κ2) is 7.05. The number of ketones is 1. The van der Waals surface area contributed by atoms with E-state index in [1.165, 1.54) is 12.8 Å². The van der Waals surface area contributed by atoms with Crippen molar-refractivity contribution in [3.8, 4) is 0 Å². The van der Waals surface area contributed by atoms with Gasteiger partial charge in [0, 0.05) is 18.9 Å². The van der Waals surface area contributed by atoms with E-state index < -0.39 is 0 Å². The lowest BCUT2D eigenvalue weighted by Crippen LogP contribution is -2.28. The van der Waals surface area contributed by atoms with Crippen LogP contribution in [0.5, 0.6) is 0 Å². The zero-order valence-electron chi connectivity index (χ0n) is 11.2. The molecule has 0 aromatic rings. The predicted molar refractivity (Wildman–Crippen MR) is 68.5 cm³/mol. The number of nitrogens with zero attached hydrogens (tertiary/aromatic N) is 1. The number of carbonyl (C=O) groups excluding carboxylic acids is 1. The van der Waals surface area contributed by atoms with Gasteiger partial charge in [0.2, 0.25) is 0 Å². The van der Waals surface area contributed by atoms with Gasteiger partial charge in [-0.3, -0.25) is 4.79 Å². The fourth-order valence-corrected chi connectivity index (χ4v) is 2.59. The van der Waals surface area contributed by atoms with Crippen molar-refractivity contribution in [3.05, 3.63) is 0 Å². The van der Waals surface area contributed by atoms with Crippen molar-refractivity contribution >= 4 is 5.78 Å². The molecule has 0 bridgehead atoms. The van der Waals surface area contributed by atoms with E-state index >= 15 is 0 Å². The van der Waals surface area contributed by atoms with Gasteiger partial charge in [0.15, 0.2) is 0 Å². The van der Waals surface area contributed by atoms with Gasteiger partial charge in [-0.25, -0.2) is 0 Å². The third-order valence-corrected chi connectivity index (χ3v) is 4.04. The van der Waals surface area contributed by atoms with Crippen LogP contribution in [0.3, 0.4) is 0 Å². The molecule has 0 amide bonds. The molecule has 94 valence electrons. The fourth-order valence-electron chi connectivity index (χ4n) is 2.59. The third kappa shape index (κ3) is 4.25. The van der Waals surface area contributed by atoms with Crippen LogP contribution in [0.4, 0.5) is 0 Å². The van der Waals surface area contributed by atoms with Crippen LogP contribution in [0.2, 0.25) is 0 Å². The highest BCUT2D eigenvalue weighted by Gasteiger charge is 2.23. The monoisotopic (exact) mass is 225 g/mol. The molecule has 1 fully saturated rings. The van der Waals surface area contributed by atoms with Gasteiger partial charge in [-0.1, -0.05) is 33.6 Å². The first kappa shape index (κ1) is 13.7. The molecule has 0 saturated heterocycles. The quantitative estimate of drug-likeness (QED) is 0.692. The summed E-state index contributed by atoms with van der Waals surface area (Å²) in [6.07, 6.45) is 5.54. The molecule has 0 aliphatic heterocycles. The Morgan fingerprint density at radius 1 is 1.12 bits per heavy atom. The van der Waals surface area contributed by atoms with Gasteiger partial charge >= 0.3 is 0 Å². The Kier molecular flexibility index (Phi) is 6.04. The van der Waals surface area contributed by atoms with E-state index in [9.17, 15) is 4.79 Å².